The minimum Gasteiger partial charge on any atom is -0.419 e. The van der Waals surface area contributed by atoms with Crippen LogP contribution in [0.4, 0.5) is 0 Å². The van der Waals surface area contributed by atoms with Crippen LogP contribution in [0, 0.1) is 6.92 Å². The number of benzene rings is 3. The highest BCUT2D eigenvalue weighted by molar-refractivity contribution is 6.07. The molecule has 0 radical (unpaired) electrons. The van der Waals surface area contributed by atoms with Gasteiger partial charge in [0.1, 0.15) is 12.1 Å². The summed E-state index contributed by atoms with van der Waals surface area (Å²) in [6.45, 7) is 2.53. The molecular weight excluding hydrogens is 374 g/mol. The maximum Gasteiger partial charge on any atom is 0.247 e. The third-order valence-corrected chi connectivity index (χ3v) is 5.35. The summed E-state index contributed by atoms with van der Waals surface area (Å²) in [5, 5.41) is 9.60. The van der Waals surface area contributed by atoms with E-state index in [9.17, 15) is 0 Å². The van der Waals surface area contributed by atoms with Crippen LogP contribution in [0.3, 0.4) is 0 Å². The summed E-state index contributed by atoms with van der Waals surface area (Å²) in [5.41, 5.74) is 6.59. The Morgan fingerprint density at radius 3 is 2.40 bits per heavy atom. The maximum atomic E-state index is 5.98. The number of rotatable bonds is 3. The highest BCUT2D eigenvalue weighted by Crippen LogP contribution is 2.31. The quantitative estimate of drug-likeness (QED) is 0.417. The van der Waals surface area contributed by atoms with Gasteiger partial charge < -0.3 is 8.98 Å². The van der Waals surface area contributed by atoms with Crippen LogP contribution < -0.4 is 0 Å². The van der Waals surface area contributed by atoms with Gasteiger partial charge in [-0.15, -0.1) is 10.2 Å². The van der Waals surface area contributed by atoms with Crippen molar-refractivity contribution in [2.45, 2.75) is 13.5 Å². The van der Waals surface area contributed by atoms with Crippen LogP contribution in [0.2, 0.25) is 0 Å². The Kier molecular flexibility index (Phi) is 3.64. The Morgan fingerprint density at radius 2 is 1.57 bits per heavy atom. The van der Waals surface area contributed by atoms with Gasteiger partial charge in [-0.2, -0.15) is 0 Å². The standard InChI is InChI=1S/C24H17N5O/c1-15-8-7-11-17-21-23(26-19-13-6-5-12-18(19)25-21)29(22(15)17)14-20-27-28-24(30-20)16-9-3-2-4-10-16/h2-13H,14H2,1H3. The van der Waals surface area contributed by atoms with Crippen molar-refractivity contribution in [1.82, 2.24) is 24.7 Å². The van der Waals surface area contributed by atoms with E-state index in [1.807, 2.05) is 54.6 Å². The fourth-order valence-corrected chi connectivity index (χ4v) is 3.98. The predicted octanol–water partition coefficient (Wildman–Crippen LogP) is 5.14. The average molecular weight is 391 g/mol. The largest absolute Gasteiger partial charge is 0.419 e. The molecule has 30 heavy (non-hydrogen) atoms. The van der Waals surface area contributed by atoms with E-state index in [0.29, 0.717) is 18.3 Å². The van der Waals surface area contributed by atoms with E-state index >= 15 is 0 Å². The summed E-state index contributed by atoms with van der Waals surface area (Å²) in [4.78, 5) is 9.84. The SMILES string of the molecule is Cc1cccc2c3nc4ccccc4nc3n(Cc3nnc(-c4ccccc4)o3)c12. The maximum absolute atomic E-state index is 5.98. The summed E-state index contributed by atoms with van der Waals surface area (Å²) in [5.74, 6) is 1.05. The van der Waals surface area contributed by atoms with E-state index in [-0.39, 0.29) is 0 Å². The number of para-hydroxylation sites is 3. The molecule has 6 heteroatoms. The Hall–Kier alpha value is -4.06. The molecule has 0 aliphatic rings. The molecule has 0 saturated carbocycles. The van der Waals surface area contributed by atoms with Crippen LogP contribution in [0.25, 0.3) is 44.6 Å². The molecule has 0 bridgehead atoms. The van der Waals surface area contributed by atoms with E-state index in [0.717, 1.165) is 44.2 Å². The average Bonchev–Trinajstić information content (AvgIpc) is 3.37. The molecule has 0 aliphatic carbocycles. The van der Waals surface area contributed by atoms with Gasteiger partial charge in [0, 0.05) is 10.9 Å². The Balaban J connectivity index is 1.56. The normalized spacial score (nSPS) is 11.6. The molecule has 0 atom stereocenters. The van der Waals surface area contributed by atoms with Crippen molar-refractivity contribution in [3.8, 4) is 11.5 Å². The van der Waals surface area contributed by atoms with Crippen molar-refractivity contribution >= 4 is 33.1 Å². The molecular formula is C24H17N5O. The molecule has 3 heterocycles. The second-order valence-electron chi connectivity index (χ2n) is 7.31. The van der Waals surface area contributed by atoms with Crippen molar-refractivity contribution in [3.63, 3.8) is 0 Å². The van der Waals surface area contributed by atoms with Crippen LogP contribution >= 0.6 is 0 Å². The number of aryl methyl sites for hydroxylation is 1. The highest BCUT2D eigenvalue weighted by Gasteiger charge is 2.18. The predicted molar refractivity (Wildman–Crippen MR) is 116 cm³/mol. The molecule has 6 nitrogen and oxygen atoms in total. The number of nitrogens with zero attached hydrogens (tertiary/aromatic N) is 5. The fraction of sp³-hybridized carbons (Fsp3) is 0.0833. The first kappa shape index (κ1) is 16.9. The van der Waals surface area contributed by atoms with Crippen LogP contribution in [0.1, 0.15) is 11.5 Å². The summed E-state index contributed by atoms with van der Waals surface area (Å²) in [6, 6.07) is 24.0. The van der Waals surface area contributed by atoms with Crippen molar-refractivity contribution in [2.24, 2.45) is 0 Å². The Labute approximate surface area is 171 Å². The van der Waals surface area contributed by atoms with Crippen molar-refractivity contribution in [1.29, 1.82) is 0 Å². The van der Waals surface area contributed by atoms with E-state index < -0.39 is 0 Å². The second kappa shape index (κ2) is 6.49. The highest BCUT2D eigenvalue weighted by atomic mass is 16.4. The fourth-order valence-electron chi connectivity index (χ4n) is 3.98. The number of hydrogen-bond donors (Lipinski definition) is 0. The van der Waals surface area contributed by atoms with Gasteiger partial charge in [-0.05, 0) is 36.8 Å². The number of fused-ring (bicyclic) bond motifs is 4. The van der Waals surface area contributed by atoms with Crippen molar-refractivity contribution in [2.75, 3.05) is 0 Å². The number of hydrogen-bond acceptors (Lipinski definition) is 5. The Bertz CT molecular complexity index is 1530. The van der Waals surface area contributed by atoms with E-state index in [2.05, 4.69) is 39.9 Å². The van der Waals surface area contributed by atoms with E-state index in [4.69, 9.17) is 14.4 Å². The molecule has 6 aromatic rings. The molecule has 144 valence electrons. The first-order chi connectivity index (χ1) is 14.8. The molecule has 0 spiro atoms. The Morgan fingerprint density at radius 1 is 0.800 bits per heavy atom. The lowest BCUT2D eigenvalue weighted by molar-refractivity contribution is 0.494. The zero-order valence-electron chi connectivity index (χ0n) is 16.3. The van der Waals surface area contributed by atoms with Crippen molar-refractivity contribution < 1.29 is 4.42 Å². The van der Waals surface area contributed by atoms with Crippen LogP contribution in [-0.2, 0) is 6.54 Å². The van der Waals surface area contributed by atoms with E-state index in [1.165, 1.54) is 0 Å². The molecule has 0 amide bonds. The topological polar surface area (TPSA) is 69.6 Å². The zero-order chi connectivity index (χ0) is 20.1. The molecule has 3 aromatic carbocycles. The van der Waals surface area contributed by atoms with Gasteiger partial charge in [-0.25, -0.2) is 9.97 Å². The molecule has 0 unspecified atom stereocenters. The third-order valence-electron chi connectivity index (χ3n) is 5.35. The lowest BCUT2D eigenvalue weighted by atomic mass is 10.1. The molecule has 0 aliphatic heterocycles. The van der Waals surface area contributed by atoms with Gasteiger partial charge >= 0.3 is 0 Å². The van der Waals surface area contributed by atoms with Crippen LogP contribution in [-0.4, -0.2) is 24.7 Å². The molecule has 0 saturated heterocycles. The molecule has 0 fully saturated rings. The lowest BCUT2D eigenvalue weighted by Gasteiger charge is -2.06. The van der Waals surface area contributed by atoms with Gasteiger partial charge in [0.15, 0.2) is 5.65 Å². The smallest absolute Gasteiger partial charge is 0.247 e. The summed E-state index contributed by atoms with van der Waals surface area (Å²) < 4.78 is 8.10. The first-order valence-corrected chi connectivity index (χ1v) is 9.80. The minimum atomic E-state index is 0.428. The van der Waals surface area contributed by atoms with Gasteiger partial charge in [0.05, 0.1) is 16.6 Å². The van der Waals surface area contributed by atoms with Crippen molar-refractivity contribution in [3.05, 3.63) is 84.3 Å². The monoisotopic (exact) mass is 391 g/mol. The summed E-state index contributed by atoms with van der Waals surface area (Å²) in [7, 11) is 0. The molecule has 3 aromatic heterocycles. The number of aromatic nitrogens is 5. The summed E-state index contributed by atoms with van der Waals surface area (Å²) >= 11 is 0. The lowest BCUT2D eigenvalue weighted by Crippen LogP contribution is -2.02. The van der Waals surface area contributed by atoms with Gasteiger partial charge in [-0.3, -0.25) is 0 Å². The summed E-state index contributed by atoms with van der Waals surface area (Å²) in [6.07, 6.45) is 0. The van der Waals surface area contributed by atoms with E-state index in [1.54, 1.807) is 0 Å². The second-order valence-corrected chi connectivity index (χ2v) is 7.31. The van der Waals surface area contributed by atoms with Crippen LogP contribution in [0.15, 0.2) is 77.2 Å². The first-order valence-electron chi connectivity index (χ1n) is 9.80. The van der Waals surface area contributed by atoms with Crippen LogP contribution in [0.5, 0.6) is 0 Å². The molecule has 6 rings (SSSR count). The van der Waals surface area contributed by atoms with Gasteiger partial charge in [0.2, 0.25) is 11.8 Å². The third kappa shape index (κ3) is 2.58. The zero-order valence-corrected chi connectivity index (χ0v) is 16.3. The van der Waals surface area contributed by atoms with Gasteiger partial charge in [-0.1, -0.05) is 48.5 Å². The molecule has 0 N–H and O–H groups in total. The minimum absolute atomic E-state index is 0.428. The van der Waals surface area contributed by atoms with Gasteiger partial charge in [0.25, 0.3) is 0 Å².